The Hall–Kier alpha value is -1.75. The average molecular weight is 302 g/mol. The molecule has 2 N–H and O–H groups in total. The number of hydrogen-bond acceptors (Lipinski definition) is 3. The van der Waals surface area contributed by atoms with Crippen LogP contribution in [0.2, 0.25) is 0 Å². The highest BCUT2D eigenvalue weighted by molar-refractivity contribution is 5.85. The van der Waals surface area contributed by atoms with Gasteiger partial charge in [-0.05, 0) is 18.4 Å². The Labute approximate surface area is 124 Å². The molecule has 0 saturated carbocycles. The first kappa shape index (κ1) is 18.2. The maximum atomic E-state index is 11.3. The summed E-state index contributed by atoms with van der Waals surface area (Å²) < 4.78 is 5.03. The molecule has 0 saturated heterocycles. The first-order valence-electron chi connectivity index (χ1n) is 6.35. The van der Waals surface area contributed by atoms with E-state index in [4.69, 9.17) is 9.84 Å². The Kier molecular flexibility index (Phi) is 10.1. The van der Waals surface area contributed by atoms with Crippen LogP contribution in [0, 0.1) is 0 Å². The lowest BCUT2D eigenvalue weighted by Gasteiger charge is -2.06. The van der Waals surface area contributed by atoms with Crippen molar-refractivity contribution in [3.05, 3.63) is 35.9 Å². The largest absolute Gasteiger partial charge is 0.481 e. The minimum atomic E-state index is -0.782. The zero-order valence-electron chi connectivity index (χ0n) is 11.2. The van der Waals surface area contributed by atoms with E-state index in [-0.39, 0.29) is 25.4 Å². The number of alkyl carbamates (subject to hydrolysis) is 1. The van der Waals surface area contributed by atoms with Crippen molar-refractivity contribution < 1.29 is 19.4 Å². The van der Waals surface area contributed by atoms with Crippen LogP contribution in [0.3, 0.4) is 0 Å². The van der Waals surface area contributed by atoms with Gasteiger partial charge in [0.05, 0.1) is 0 Å². The number of nitrogens with one attached hydrogen (secondary N) is 1. The fourth-order valence-electron chi connectivity index (χ4n) is 1.54. The van der Waals surface area contributed by atoms with Gasteiger partial charge < -0.3 is 15.2 Å². The molecule has 0 aromatic heterocycles. The molecular formula is C14H20ClNO4. The van der Waals surface area contributed by atoms with E-state index >= 15 is 0 Å². The topological polar surface area (TPSA) is 75.6 Å². The van der Waals surface area contributed by atoms with Gasteiger partial charge in [0.2, 0.25) is 0 Å². The van der Waals surface area contributed by atoms with E-state index < -0.39 is 12.1 Å². The molecule has 1 rings (SSSR count). The summed E-state index contributed by atoms with van der Waals surface area (Å²) in [6.45, 7) is 0.763. The molecule has 0 aliphatic carbocycles. The molecule has 0 heterocycles. The third-order valence-electron chi connectivity index (χ3n) is 2.55. The van der Waals surface area contributed by atoms with Crippen LogP contribution in [0.1, 0.15) is 31.2 Å². The van der Waals surface area contributed by atoms with Crippen molar-refractivity contribution in [3.8, 4) is 0 Å². The van der Waals surface area contributed by atoms with Crippen molar-refractivity contribution in [1.29, 1.82) is 0 Å². The fourth-order valence-corrected chi connectivity index (χ4v) is 1.54. The molecule has 0 aliphatic heterocycles. The second-order valence-corrected chi connectivity index (χ2v) is 4.19. The lowest BCUT2D eigenvalue weighted by atomic mass is 10.2. The first-order chi connectivity index (χ1) is 9.18. The molecule has 20 heavy (non-hydrogen) atoms. The smallest absolute Gasteiger partial charge is 0.407 e. The van der Waals surface area contributed by atoms with Crippen molar-refractivity contribution in [2.75, 3.05) is 6.54 Å². The number of hydrogen-bond donors (Lipinski definition) is 2. The number of aliphatic carboxylic acids is 1. The number of unbranched alkanes of at least 4 members (excludes halogenated alkanes) is 2. The van der Waals surface area contributed by atoms with Crippen molar-refractivity contribution in [1.82, 2.24) is 5.32 Å². The maximum absolute atomic E-state index is 11.3. The molecule has 0 atom stereocenters. The Balaban J connectivity index is 0.00000361. The number of carboxylic acids is 1. The summed E-state index contributed by atoms with van der Waals surface area (Å²) in [6, 6.07) is 9.46. The lowest BCUT2D eigenvalue weighted by Crippen LogP contribution is -2.25. The summed E-state index contributed by atoms with van der Waals surface area (Å²) in [4.78, 5) is 21.6. The molecule has 0 unspecified atom stereocenters. The molecule has 0 radical (unpaired) electrons. The van der Waals surface area contributed by atoms with E-state index in [2.05, 4.69) is 5.32 Å². The lowest BCUT2D eigenvalue weighted by molar-refractivity contribution is -0.137. The molecule has 5 nitrogen and oxygen atoms in total. The molecule has 1 aromatic rings. The second-order valence-electron chi connectivity index (χ2n) is 4.19. The van der Waals surface area contributed by atoms with Gasteiger partial charge in [-0.3, -0.25) is 4.79 Å². The van der Waals surface area contributed by atoms with E-state index in [9.17, 15) is 9.59 Å². The highest BCUT2D eigenvalue weighted by atomic mass is 35.5. The van der Waals surface area contributed by atoms with Crippen LogP contribution in [0.4, 0.5) is 4.79 Å². The number of halogens is 1. The summed E-state index contributed by atoms with van der Waals surface area (Å²) in [5.74, 6) is -0.782. The van der Waals surface area contributed by atoms with Crippen molar-refractivity contribution >= 4 is 24.5 Å². The van der Waals surface area contributed by atoms with Gasteiger partial charge in [-0.25, -0.2) is 4.79 Å². The highest BCUT2D eigenvalue weighted by Gasteiger charge is 2.02. The predicted octanol–water partition coefficient (Wildman–Crippen LogP) is 2.98. The summed E-state index contributed by atoms with van der Waals surface area (Å²) in [7, 11) is 0. The third kappa shape index (κ3) is 9.22. The maximum Gasteiger partial charge on any atom is 0.407 e. The van der Waals surface area contributed by atoms with Gasteiger partial charge in [0.1, 0.15) is 6.61 Å². The van der Waals surface area contributed by atoms with E-state index in [1.54, 1.807) is 0 Å². The Morgan fingerprint density at radius 3 is 2.45 bits per heavy atom. The summed E-state index contributed by atoms with van der Waals surface area (Å²) >= 11 is 0. The molecule has 1 amide bonds. The van der Waals surface area contributed by atoms with Crippen LogP contribution in [0.25, 0.3) is 0 Å². The molecule has 6 heteroatoms. The zero-order chi connectivity index (χ0) is 13.9. The Bertz CT molecular complexity index is 397. The van der Waals surface area contributed by atoms with Gasteiger partial charge in [-0.15, -0.1) is 12.4 Å². The third-order valence-corrected chi connectivity index (χ3v) is 2.55. The quantitative estimate of drug-likeness (QED) is 0.724. The van der Waals surface area contributed by atoms with E-state index in [0.29, 0.717) is 13.0 Å². The van der Waals surface area contributed by atoms with Crippen molar-refractivity contribution in [2.24, 2.45) is 0 Å². The van der Waals surface area contributed by atoms with Crippen molar-refractivity contribution in [3.63, 3.8) is 0 Å². The van der Waals surface area contributed by atoms with Gasteiger partial charge in [0.15, 0.2) is 0 Å². The van der Waals surface area contributed by atoms with Crippen LogP contribution in [-0.4, -0.2) is 23.7 Å². The standard InChI is InChI=1S/C14H19NO4.ClH/c16-13(17)9-5-2-6-10-15-14(18)19-11-12-7-3-1-4-8-12;/h1,3-4,7-8H,2,5-6,9-11H2,(H,15,18)(H,16,17);1H. The van der Waals surface area contributed by atoms with E-state index in [0.717, 1.165) is 18.4 Å². The van der Waals surface area contributed by atoms with Gasteiger partial charge >= 0.3 is 12.1 Å². The SMILES string of the molecule is Cl.O=C(O)CCCCCNC(=O)OCc1ccccc1. The minimum absolute atomic E-state index is 0. The number of ether oxygens (including phenoxy) is 1. The molecular weight excluding hydrogens is 282 g/mol. The predicted molar refractivity (Wildman–Crippen MR) is 78.0 cm³/mol. The molecule has 1 aromatic carbocycles. The fraction of sp³-hybridized carbons (Fsp3) is 0.429. The normalized spacial score (nSPS) is 9.40. The van der Waals surface area contributed by atoms with Crippen LogP contribution >= 0.6 is 12.4 Å². The van der Waals surface area contributed by atoms with Gasteiger partial charge in [-0.1, -0.05) is 36.8 Å². The number of carbonyl (C=O) groups excluding carboxylic acids is 1. The monoisotopic (exact) mass is 301 g/mol. The van der Waals surface area contributed by atoms with Crippen LogP contribution in [-0.2, 0) is 16.1 Å². The molecule has 0 aliphatic rings. The van der Waals surface area contributed by atoms with Gasteiger partial charge in [0, 0.05) is 13.0 Å². The zero-order valence-corrected chi connectivity index (χ0v) is 12.0. The van der Waals surface area contributed by atoms with Crippen LogP contribution in [0.15, 0.2) is 30.3 Å². The molecule has 0 spiro atoms. The Morgan fingerprint density at radius 1 is 1.10 bits per heavy atom. The number of amides is 1. The molecule has 0 fully saturated rings. The van der Waals surface area contributed by atoms with Gasteiger partial charge in [0.25, 0.3) is 0 Å². The highest BCUT2D eigenvalue weighted by Crippen LogP contribution is 2.01. The molecule has 112 valence electrons. The number of benzene rings is 1. The summed E-state index contributed by atoms with van der Waals surface area (Å²) in [6.07, 6.45) is 1.91. The second kappa shape index (κ2) is 11.1. The number of carboxylic acid groups (broad SMARTS) is 1. The van der Waals surface area contributed by atoms with Crippen LogP contribution in [0.5, 0.6) is 0 Å². The number of rotatable bonds is 8. The number of carbonyl (C=O) groups is 2. The van der Waals surface area contributed by atoms with Crippen molar-refractivity contribution in [2.45, 2.75) is 32.3 Å². The van der Waals surface area contributed by atoms with E-state index in [1.165, 1.54) is 0 Å². The molecule has 0 bridgehead atoms. The average Bonchev–Trinajstić information content (AvgIpc) is 2.41. The van der Waals surface area contributed by atoms with Crippen LogP contribution < -0.4 is 5.32 Å². The summed E-state index contributed by atoms with van der Waals surface area (Å²) in [5, 5.41) is 11.1. The summed E-state index contributed by atoms with van der Waals surface area (Å²) in [5.41, 5.74) is 0.944. The van der Waals surface area contributed by atoms with E-state index in [1.807, 2.05) is 30.3 Å². The first-order valence-corrected chi connectivity index (χ1v) is 6.35. The minimum Gasteiger partial charge on any atom is -0.481 e. The Morgan fingerprint density at radius 2 is 1.80 bits per heavy atom. The van der Waals surface area contributed by atoms with Gasteiger partial charge in [-0.2, -0.15) is 0 Å².